The number of urea groups is 2. The first-order valence-corrected chi connectivity index (χ1v) is 27.6. The van der Waals surface area contributed by atoms with Gasteiger partial charge >= 0.3 is 12.1 Å². The van der Waals surface area contributed by atoms with Gasteiger partial charge in [-0.25, -0.2) is 26.4 Å². The third-order valence-corrected chi connectivity index (χ3v) is 16.8. The number of anilines is 2. The average molecular weight is 1020 g/mol. The number of hydrogen-bond acceptors (Lipinski definition) is 10. The van der Waals surface area contributed by atoms with Crippen molar-refractivity contribution in [2.75, 3.05) is 10.6 Å². The van der Waals surface area contributed by atoms with Crippen LogP contribution >= 0.6 is 0 Å². The van der Waals surface area contributed by atoms with E-state index in [2.05, 4.69) is 36.9 Å². The molecule has 2 unspecified atom stereocenters. The fourth-order valence-corrected chi connectivity index (χ4v) is 12.2. The van der Waals surface area contributed by atoms with Crippen LogP contribution in [0.1, 0.15) is 69.2 Å². The van der Waals surface area contributed by atoms with Gasteiger partial charge in [0.25, 0.3) is 0 Å². The quantitative estimate of drug-likeness (QED) is 0.0541. The van der Waals surface area contributed by atoms with E-state index in [4.69, 9.17) is 4.98 Å². The second kappa shape index (κ2) is 21.6. The lowest BCUT2D eigenvalue weighted by atomic mass is 10.0. The first-order valence-electron chi connectivity index (χ1n) is 24.3. The van der Waals surface area contributed by atoms with Gasteiger partial charge in [-0.15, -0.1) is 0 Å². The molecule has 16 heteroatoms. The SMILES string of the molecule is CC(NC(=O)Nc1ccc(S(=O)(=O)Cc2ccc3c(c2)CNC3)cc1-c1ccc(CC(NC(=O)Nc2ccc(S(=O)(=O)Cc3ccc4c(c3)CNC4)cc2-c2ccncc2)c2ccccc2)nc1)c1ccccc1. The normalized spacial score (nSPS) is 13.8. The van der Waals surface area contributed by atoms with Gasteiger partial charge in [-0.1, -0.05) is 103 Å². The highest BCUT2D eigenvalue weighted by atomic mass is 32.2. The van der Waals surface area contributed by atoms with Crippen LogP contribution in [0.4, 0.5) is 21.0 Å². The fraction of sp³-hybridized carbons (Fsp3) is 0.172. The number of carbonyl (C=O) groups excluding carboxylic acids is 2. The number of sulfone groups is 2. The number of nitrogens with zero attached hydrogens (tertiary/aromatic N) is 2. The van der Waals surface area contributed by atoms with Crippen LogP contribution in [-0.2, 0) is 63.8 Å². The molecule has 10 rings (SSSR count). The number of benzene rings is 6. The van der Waals surface area contributed by atoms with E-state index < -0.39 is 37.8 Å². The predicted octanol–water partition coefficient (Wildman–Crippen LogP) is 9.95. The number of amides is 4. The molecule has 0 saturated carbocycles. The van der Waals surface area contributed by atoms with Crippen LogP contribution in [-0.4, -0.2) is 38.9 Å². The van der Waals surface area contributed by atoms with E-state index in [0.29, 0.717) is 63.5 Å². The van der Waals surface area contributed by atoms with Gasteiger partial charge in [0.2, 0.25) is 0 Å². The third-order valence-electron chi connectivity index (χ3n) is 13.4. The molecular formula is C58H54N8O6S2. The molecule has 8 aromatic rings. The minimum absolute atomic E-state index is 0.0919. The zero-order chi connectivity index (χ0) is 51.2. The van der Waals surface area contributed by atoms with Crippen LogP contribution < -0.4 is 31.9 Å². The van der Waals surface area contributed by atoms with Crippen molar-refractivity contribution in [3.05, 3.63) is 227 Å². The van der Waals surface area contributed by atoms with E-state index in [0.717, 1.165) is 46.5 Å². The number of pyridine rings is 2. The smallest absolute Gasteiger partial charge is 0.319 e. The monoisotopic (exact) mass is 1020 g/mol. The summed E-state index contributed by atoms with van der Waals surface area (Å²) in [6, 6.07) is 45.2. The van der Waals surface area contributed by atoms with E-state index in [1.807, 2.05) is 116 Å². The summed E-state index contributed by atoms with van der Waals surface area (Å²) in [6.45, 7) is 4.78. The Morgan fingerprint density at radius 1 is 0.541 bits per heavy atom. The van der Waals surface area contributed by atoms with Crippen LogP contribution in [0.15, 0.2) is 186 Å². The first kappa shape index (κ1) is 49.6. The molecule has 4 amide bonds. The van der Waals surface area contributed by atoms with Gasteiger partial charge in [-0.2, -0.15) is 0 Å². The number of fused-ring (bicyclic) bond motifs is 2. The minimum Gasteiger partial charge on any atom is -0.331 e. The van der Waals surface area contributed by atoms with E-state index in [-0.39, 0.29) is 33.8 Å². The second-order valence-electron chi connectivity index (χ2n) is 18.6. The van der Waals surface area contributed by atoms with Crippen molar-refractivity contribution in [3.8, 4) is 22.3 Å². The molecule has 2 atom stereocenters. The zero-order valence-electron chi connectivity index (χ0n) is 40.5. The maximum atomic E-state index is 14.1. The molecule has 0 radical (unpaired) electrons. The molecule has 14 nitrogen and oxygen atoms in total. The number of hydrogen-bond donors (Lipinski definition) is 6. The van der Waals surface area contributed by atoms with Crippen LogP contribution in [0.2, 0.25) is 0 Å². The first-order chi connectivity index (χ1) is 35.8. The molecule has 2 aliphatic rings. The number of carbonyl (C=O) groups is 2. The van der Waals surface area contributed by atoms with E-state index in [1.54, 1.807) is 55.0 Å². The number of aromatic nitrogens is 2. The summed E-state index contributed by atoms with van der Waals surface area (Å²) in [4.78, 5) is 36.8. The predicted molar refractivity (Wildman–Crippen MR) is 287 cm³/mol. The molecule has 0 saturated heterocycles. The van der Waals surface area contributed by atoms with Gasteiger partial charge in [0.05, 0.1) is 44.8 Å². The highest BCUT2D eigenvalue weighted by Gasteiger charge is 2.24. The Hall–Kier alpha value is -8.02. The van der Waals surface area contributed by atoms with Crippen LogP contribution in [0.3, 0.4) is 0 Å². The summed E-state index contributed by atoms with van der Waals surface area (Å²) in [6.07, 6.45) is 5.11. The lowest BCUT2D eigenvalue weighted by Gasteiger charge is -2.21. The number of nitrogens with one attached hydrogen (secondary N) is 6. The van der Waals surface area contributed by atoms with Crippen molar-refractivity contribution in [1.82, 2.24) is 31.2 Å². The largest absolute Gasteiger partial charge is 0.331 e. The van der Waals surface area contributed by atoms with Crippen LogP contribution in [0.5, 0.6) is 0 Å². The van der Waals surface area contributed by atoms with Gasteiger partial charge in [-0.05, 0) is 112 Å². The summed E-state index contributed by atoms with van der Waals surface area (Å²) in [5.41, 5.74) is 11.2. The fourth-order valence-electron chi connectivity index (χ4n) is 9.49. The maximum Gasteiger partial charge on any atom is 0.319 e. The van der Waals surface area contributed by atoms with Crippen molar-refractivity contribution in [2.24, 2.45) is 0 Å². The molecule has 6 aromatic carbocycles. The summed E-state index contributed by atoms with van der Waals surface area (Å²) < 4.78 is 55.9. The van der Waals surface area contributed by atoms with Gasteiger partial charge in [0, 0.05) is 73.6 Å². The third kappa shape index (κ3) is 11.6. The summed E-state index contributed by atoms with van der Waals surface area (Å²) in [5, 5.41) is 18.6. The lowest BCUT2D eigenvalue weighted by Crippen LogP contribution is -2.34. The van der Waals surface area contributed by atoms with Crippen molar-refractivity contribution < 1.29 is 26.4 Å². The Balaban J connectivity index is 0.898. The van der Waals surface area contributed by atoms with E-state index in [9.17, 15) is 26.4 Å². The molecule has 0 spiro atoms. The molecule has 0 fully saturated rings. The molecule has 2 aromatic heterocycles. The van der Waals surface area contributed by atoms with Crippen LogP contribution in [0.25, 0.3) is 22.3 Å². The molecule has 2 aliphatic heterocycles. The number of rotatable bonds is 16. The molecule has 0 aliphatic carbocycles. The van der Waals surface area contributed by atoms with Crippen LogP contribution in [0, 0.1) is 0 Å². The van der Waals surface area contributed by atoms with Gasteiger partial charge in [-0.3, -0.25) is 9.97 Å². The molecular weight excluding hydrogens is 969 g/mol. The summed E-state index contributed by atoms with van der Waals surface area (Å²) in [7, 11) is -7.62. The highest BCUT2D eigenvalue weighted by molar-refractivity contribution is 7.91. The Labute approximate surface area is 431 Å². The van der Waals surface area contributed by atoms with E-state index in [1.165, 1.54) is 12.1 Å². The molecule has 4 heterocycles. The zero-order valence-corrected chi connectivity index (χ0v) is 42.1. The van der Waals surface area contributed by atoms with Crippen molar-refractivity contribution >= 4 is 43.1 Å². The Morgan fingerprint density at radius 3 is 1.59 bits per heavy atom. The summed E-state index contributed by atoms with van der Waals surface area (Å²) >= 11 is 0. The topological polar surface area (TPSA) is 200 Å². The molecule has 6 N–H and O–H groups in total. The average Bonchev–Trinajstić information content (AvgIpc) is 4.09. The van der Waals surface area contributed by atoms with Crippen molar-refractivity contribution in [3.63, 3.8) is 0 Å². The van der Waals surface area contributed by atoms with E-state index >= 15 is 0 Å². The second-order valence-corrected chi connectivity index (χ2v) is 22.6. The van der Waals surface area contributed by atoms with Crippen molar-refractivity contribution in [2.45, 2.75) is 72.9 Å². The Kier molecular flexibility index (Phi) is 14.5. The maximum absolute atomic E-state index is 14.1. The Morgan fingerprint density at radius 2 is 1.05 bits per heavy atom. The lowest BCUT2D eigenvalue weighted by molar-refractivity contribution is 0.248. The molecule has 74 heavy (non-hydrogen) atoms. The Bertz CT molecular complexity index is 3590. The van der Waals surface area contributed by atoms with Gasteiger partial charge in [0.15, 0.2) is 19.7 Å². The molecule has 374 valence electrons. The van der Waals surface area contributed by atoms with Gasteiger partial charge in [0.1, 0.15) is 0 Å². The van der Waals surface area contributed by atoms with Gasteiger partial charge < -0.3 is 31.9 Å². The van der Waals surface area contributed by atoms with Crippen molar-refractivity contribution in [1.29, 1.82) is 0 Å². The molecule has 0 bridgehead atoms. The summed E-state index contributed by atoms with van der Waals surface area (Å²) in [5.74, 6) is -0.379. The minimum atomic E-state index is -3.84. The standard InChI is InChI=1S/C58H54N8O6S2/c1-38(41-8-4-2-5-9-41)63-57(67)64-55-21-19-51(74(71,72)37-40-13-15-45-32-61-34-48(45)27-40)30-53(55)46-16-17-49(62-35-46)28-56(43-10-6-3-7-11-43)66-58(68)65-54-20-18-50(29-52(54)42-22-24-59-25-23-42)73(69,70)36-39-12-14-44-31-60-33-47(44)26-39/h2-27,29-30,35,38,56,60-61H,28,31-34,36-37H2,1H3,(H2,63,64,67)(H2,65,66,68). The highest BCUT2D eigenvalue weighted by Crippen LogP contribution is 2.35.